The van der Waals surface area contributed by atoms with Gasteiger partial charge >= 0.3 is 0 Å². The largest absolute Gasteiger partial charge is 0.311 e. The molecule has 0 fully saturated rings. The Morgan fingerprint density at radius 3 is 1.40 bits per heavy atom. The van der Waals surface area contributed by atoms with Crippen molar-refractivity contribution in [2.45, 2.75) is 0 Å². The minimum atomic E-state index is 1.11. The SMILES string of the molecule is c1ccc(-c2ccccc2-c2ccc(N(c3ccccc3)c3ccc(-c4cccc(-c5cccc6ccccc56)c4)cc3)cc2)cc1. The van der Waals surface area contributed by atoms with Gasteiger partial charge in [0.1, 0.15) is 0 Å². The molecule has 0 aromatic heterocycles. The highest BCUT2D eigenvalue weighted by Crippen LogP contribution is 2.39. The predicted molar refractivity (Wildman–Crippen MR) is 200 cm³/mol. The zero-order valence-corrected chi connectivity index (χ0v) is 26.0. The van der Waals surface area contributed by atoms with E-state index in [9.17, 15) is 0 Å². The van der Waals surface area contributed by atoms with E-state index in [-0.39, 0.29) is 0 Å². The second-order valence-electron chi connectivity index (χ2n) is 11.8. The minimum Gasteiger partial charge on any atom is -0.311 e. The average Bonchev–Trinajstić information content (AvgIpc) is 3.16. The third-order valence-corrected chi connectivity index (χ3v) is 8.88. The summed E-state index contributed by atoms with van der Waals surface area (Å²) in [6, 6.07) is 71.7. The Morgan fingerprint density at radius 2 is 0.702 bits per heavy atom. The number of benzene rings is 8. The number of hydrogen-bond donors (Lipinski definition) is 0. The van der Waals surface area contributed by atoms with Crippen LogP contribution in [0.3, 0.4) is 0 Å². The van der Waals surface area contributed by atoms with Crippen molar-refractivity contribution in [2.75, 3.05) is 4.90 Å². The van der Waals surface area contributed by atoms with Gasteiger partial charge in [0.2, 0.25) is 0 Å². The molecule has 0 unspecified atom stereocenters. The summed E-state index contributed by atoms with van der Waals surface area (Å²) < 4.78 is 0. The van der Waals surface area contributed by atoms with Gasteiger partial charge in [-0.15, -0.1) is 0 Å². The Labute approximate surface area is 276 Å². The molecule has 0 saturated heterocycles. The van der Waals surface area contributed by atoms with Gasteiger partial charge < -0.3 is 4.90 Å². The summed E-state index contributed by atoms with van der Waals surface area (Å²) in [5, 5.41) is 2.53. The molecule has 222 valence electrons. The molecule has 8 aromatic rings. The molecule has 0 N–H and O–H groups in total. The summed E-state index contributed by atoms with van der Waals surface area (Å²) in [4.78, 5) is 2.32. The zero-order chi connectivity index (χ0) is 31.4. The highest BCUT2D eigenvalue weighted by Gasteiger charge is 2.14. The van der Waals surface area contributed by atoms with Gasteiger partial charge in [-0.05, 0) is 97.7 Å². The lowest BCUT2D eigenvalue weighted by Crippen LogP contribution is -2.09. The Hall–Kier alpha value is -6.18. The van der Waals surface area contributed by atoms with E-state index in [0.717, 1.165) is 17.1 Å². The summed E-state index contributed by atoms with van der Waals surface area (Å²) in [6.07, 6.45) is 0. The van der Waals surface area contributed by atoms with Gasteiger partial charge in [-0.1, -0.05) is 158 Å². The van der Waals surface area contributed by atoms with Gasteiger partial charge in [-0.3, -0.25) is 0 Å². The van der Waals surface area contributed by atoms with Gasteiger partial charge in [0.15, 0.2) is 0 Å². The van der Waals surface area contributed by atoms with Crippen molar-refractivity contribution < 1.29 is 0 Å². The average molecular weight is 600 g/mol. The minimum absolute atomic E-state index is 1.11. The van der Waals surface area contributed by atoms with Crippen LogP contribution in [-0.4, -0.2) is 0 Å². The van der Waals surface area contributed by atoms with Crippen molar-refractivity contribution in [1.82, 2.24) is 0 Å². The molecule has 8 aromatic carbocycles. The first-order chi connectivity index (χ1) is 23.3. The van der Waals surface area contributed by atoms with Crippen LogP contribution in [0.5, 0.6) is 0 Å². The van der Waals surface area contributed by atoms with Crippen LogP contribution in [0.25, 0.3) is 55.3 Å². The molecule has 0 spiro atoms. The smallest absolute Gasteiger partial charge is 0.0462 e. The lowest BCUT2D eigenvalue weighted by atomic mass is 9.94. The molecule has 0 aliphatic carbocycles. The van der Waals surface area contributed by atoms with E-state index in [4.69, 9.17) is 0 Å². The second-order valence-corrected chi connectivity index (χ2v) is 11.8. The van der Waals surface area contributed by atoms with Gasteiger partial charge in [0, 0.05) is 17.1 Å². The molecule has 0 aliphatic rings. The number of rotatable bonds is 7. The quantitative estimate of drug-likeness (QED) is 0.176. The Balaban J connectivity index is 1.13. The van der Waals surface area contributed by atoms with Crippen molar-refractivity contribution in [1.29, 1.82) is 0 Å². The van der Waals surface area contributed by atoms with E-state index >= 15 is 0 Å². The fourth-order valence-electron chi connectivity index (χ4n) is 6.57. The van der Waals surface area contributed by atoms with Crippen molar-refractivity contribution in [3.63, 3.8) is 0 Å². The first-order valence-corrected chi connectivity index (χ1v) is 16.1. The van der Waals surface area contributed by atoms with Crippen molar-refractivity contribution >= 4 is 27.8 Å². The van der Waals surface area contributed by atoms with E-state index < -0.39 is 0 Å². The van der Waals surface area contributed by atoms with Gasteiger partial charge in [-0.2, -0.15) is 0 Å². The van der Waals surface area contributed by atoms with Crippen molar-refractivity contribution in [3.05, 3.63) is 200 Å². The maximum absolute atomic E-state index is 2.32. The Kier molecular flexibility index (Phi) is 7.63. The molecule has 1 heteroatoms. The van der Waals surface area contributed by atoms with E-state index in [1.165, 1.54) is 55.3 Å². The first-order valence-electron chi connectivity index (χ1n) is 16.1. The molecule has 8 rings (SSSR count). The summed E-state index contributed by atoms with van der Waals surface area (Å²) in [5.41, 5.74) is 13.1. The third-order valence-electron chi connectivity index (χ3n) is 8.88. The summed E-state index contributed by atoms with van der Waals surface area (Å²) >= 11 is 0. The van der Waals surface area contributed by atoms with E-state index in [2.05, 4.69) is 205 Å². The predicted octanol–water partition coefficient (Wildman–Crippen LogP) is 13.0. The molecule has 0 bridgehead atoms. The van der Waals surface area contributed by atoms with Gasteiger partial charge in [-0.25, -0.2) is 0 Å². The normalized spacial score (nSPS) is 11.0. The molecule has 0 aliphatic heterocycles. The topological polar surface area (TPSA) is 3.24 Å². The fourth-order valence-corrected chi connectivity index (χ4v) is 6.57. The van der Waals surface area contributed by atoms with Crippen LogP contribution in [-0.2, 0) is 0 Å². The number of anilines is 3. The lowest BCUT2D eigenvalue weighted by molar-refractivity contribution is 1.28. The van der Waals surface area contributed by atoms with Crippen LogP contribution in [0.2, 0.25) is 0 Å². The fraction of sp³-hybridized carbons (Fsp3) is 0. The van der Waals surface area contributed by atoms with E-state index in [1.807, 2.05) is 0 Å². The number of hydrogen-bond acceptors (Lipinski definition) is 1. The first kappa shape index (κ1) is 28.3. The van der Waals surface area contributed by atoms with Crippen LogP contribution < -0.4 is 4.90 Å². The molecule has 0 heterocycles. The summed E-state index contributed by atoms with van der Waals surface area (Å²) in [6.45, 7) is 0. The van der Waals surface area contributed by atoms with Crippen molar-refractivity contribution in [3.8, 4) is 44.5 Å². The third kappa shape index (κ3) is 5.72. The van der Waals surface area contributed by atoms with Crippen LogP contribution in [0.4, 0.5) is 17.1 Å². The molecule has 47 heavy (non-hydrogen) atoms. The highest BCUT2D eigenvalue weighted by atomic mass is 15.1. The maximum atomic E-state index is 2.32. The zero-order valence-electron chi connectivity index (χ0n) is 26.0. The molecule has 1 nitrogen and oxygen atoms in total. The van der Waals surface area contributed by atoms with Crippen LogP contribution in [0, 0.1) is 0 Å². The van der Waals surface area contributed by atoms with Crippen LogP contribution >= 0.6 is 0 Å². The Morgan fingerprint density at radius 1 is 0.255 bits per heavy atom. The standard InChI is InChI=1S/C46H33N/c1-3-13-35(14-4-1)43-22-9-10-23-45(43)37-27-31-42(32-28-37)47(40-19-5-2-6-20-40)41-29-25-34(26-30-41)38-17-11-18-39(33-38)46-24-12-16-36-15-7-8-21-44(36)46/h1-33H. The lowest BCUT2D eigenvalue weighted by Gasteiger charge is -2.26. The molecule has 0 atom stereocenters. The van der Waals surface area contributed by atoms with Crippen LogP contribution in [0.1, 0.15) is 0 Å². The molecule has 0 radical (unpaired) electrons. The van der Waals surface area contributed by atoms with E-state index in [1.54, 1.807) is 0 Å². The molecule has 0 saturated carbocycles. The highest BCUT2D eigenvalue weighted by molar-refractivity contribution is 5.97. The number of nitrogens with zero attached hydrogens (tertiary/aromatic N) is 1. The van der Waals surface area contributed by atoms with Crippen LogP contribution in [0.15, 0.2) is 200 Å². The summed E-state index contributed by atoms with van der Waals surface area (Å²) in [5.74, 6) is 0. The van der Waals surface area contributed by atoms with E-state index in [0.29, 0.717) is 0 Å². The van der Waals surface area contributed by atoms with Crippen molar-refractivity contribution in [2.24, 2.45) is 0 Å². The molecular weight excluding hydrogens is 567 g/mol. The summed E-state index contributed by atoms with van der Waals surface area (Å²) in [7, 11) is 0. The van der Waals surface area contributed by atoms with Gasteiger partial charge in [0.05, 0.1) is 0 Å². The van der Waals surface area contributed by atoms with Gasteiger partial charge in [0.25, 0.3) is 0 Å². The number of fused-ring (bicyclic) bond motifs is 1. The molecular formula is C46H33N. The molecule has 0 amide bonds. The monoisotopic (exact) mass is 599 g/mol. The second kappa shape index (κ2) is 12.7. The maximum Gasteiger partial charge on any atom is 0.0462 e. The number of para-hydroxylation sites is 1. The Bertz CT molecular complexity index is 2260.